The Morgan fingerprint density at radius 1 is 1.47 bits per heavy atom. The molecule has 1 rings (SSSR count). The Labute approximate surface area is 99.6 Å². The van der Waals surface area contributed by atoms with Crippen LogP contribution >= 0.6 is 22.9 Å². The molecule has 0 aliphatic carbocycles. The zero-order chi connectivity index (χ0) is 11.5. The Morgan fingerprint density at radius 3 is 2.60 bits per heavy atom. The average molecular weight is 246 g/mol. The van der Waals surface area contributed by atoms with E-state index in [0.29, 0.717) is 13.0 Å². The van der Waals surface area contributed by atoms with Crippen LogP contribution in [0.4, 0.5) is 0 Å². The second kappa shape index (κ2) is 4.99. The summed E-state index contributed by atoms with van der Waals surface area (Å²) in [5.41, 5.74) is 0.0389. The van der Waals surface area contributed by atoms with Gasteiger partial charge in [0, 0.05) is 11.3 Å². The summed E-state index contributed by atoms with van der Waals surface area (Å²) >= 11 is 7.29. The molecule has 1 N–H and O–H groups in total. The van der Waals surface area contributed by atoms with Crippen LogP contribution in [-0.4, -0.2) is 5.91 Å². The van der Waals surface area contributed by atoms with E-state index in [1.54, 1.807) is 0 Å². The van der Waals surface area contributed by atoms with Crippen molar-refractivity contribution in [2.45, 2.75) is 33.7 Å². The van der Waals surface area contributed by atoms with Crippen molar-refractivity contribution in [2.75, 3.05) is 0 Å². The highest BCUT2D eigenvalue weighted by Crippen LogP contribution is 2.21. The molecule has 1 aromatic heterocycles. The minimum Gasteiger partial charge on any atom is -0.351 e. The molecular weight excluding hydrogens is 230 g/mol. The summed E-state index contributed by atoms with van der Waals surface area (Å²) in [7, 11) is 0. The lowest BCUT2D eigenvalue weighted by molar-refractivity contribution is -0.122. The van der Waals surface area contributed by atoms with Crippen LogP contribution < -0.4 is 5.32 Å². The monoisotopic (exact) mass is 245 g/mol. The van der Waals surface area contributed by atoms with Crippen LogP contribution in [0.1, 0.15) is 32.1 Å². The van der Waals surface area contributed by atoms with Gasteiger partial charge in [-0.25, -0.2) is 0 Å². The summed E-state index contributed by atoms with van der Waals surface area (Å²) in [6.07, 6.45) is 0.548. The van der Waals surface area contributed by atoms with Crippen molar-refractivity contribution in [3.8, 4) is 0 Å². The maximum Gasteiger partial charge on any atom is 0.220 e. The van der Waals surface area contributed by atoms with Gasteiger partial charge in [-0.1, -0.05) is 32.4 Å². The van der Waals surface area contributed by atoms with Crippen LogP contribution in [-0.2, 0) is 11.3 Å². The van der Waals surface area contributed by atoms with Gasteiger partial charge in [-0.15, -0.1) is 11.3 Å². The standard InChI is InChI=1S/C11H16ClNOS/c1-11(2,3)6-10(14)13-7-8-4-5-9(12)15-8/h4-5H,6-7H2,1-3H3,(H,13,14). The van der Waals surface area contributed by atoms with Crippen molar-refractivity contribution in [2.24, 2.45) is 5.41 Å². The number of thiophene rings is 1. The fourth-order valence-electron chi connectivity index (χ4n) is 1.18. The number of carbonyl (C=O) groups excluding carboxylic acids is 1. The molecule has 1 aromatic rings. The second-order valence-corrected chi connectivity index (χ2v) is 6.52. The zero-order valence-electron chi connectivity index (χ0n) is 9.26. The van der Waals surface area contributed by atoms with Gasteiger partial charge < -0.3 is 5.32 Å². The van der Waals surface area contributed by atoms with E-state index in [1.165, 1.54) is 11.3 Å². The molecule has 2 nitrogen and oxygen atoms in total. The normalized spacial score (nSPS) is 11.5. The van der Waals surface area contributed by atoms with Crippen molar-refractivity contribution in [1.29, 1.82) is 0 Å². The van der Waals surface area contributed by atoms with Gasteiger partial charge in [0.15, 0.2) is 0 Å². The third-order valence-electron chi connectivity index (χ3n) is 1.78. The summed E-state index contributed by atoms with van der Waals surface area (Å²) < 4.78 is 0.759. The molecule has 0 saturated heterocycles. The highest BCUT2D eigenvalue weighted by atomic mass is 35.5. The average Bonchev–Trinajstić information content (AvgIpc) is 2.45. The maximum atomic E-state index is 11.5. The van der Waals surface area contributed by atoms with E-state index in [1.807, 2.05) is 12.1 Å². The Balaban J connectivity index is 2.35. The smallest absolute Gasteiger partial charge is 0.220 e. The highest BCUT2D eigenvalue weighted by molar-refractivity contribution is 7.16. The molecule has 0 unspecified atom stereocenters. The molecule has 4 heteroatoms. The maximum absolute atomic E-state index is 11.5. The van der Waals surface area contributed by atoms with Crippen LogP contribution in [0.25, 0.3) is 0 Å². The fraction of sp³-hybridized carbons (Fsp3) is 0.545. The van der Waals surface area contributed by atoms with E-state index in [0.717, 1.165) is 9.21 Å². The number of amides is 1. The number of rotatable bonds is 3. The molecule has 0 spiro atoms. The van der Waals surface area contributed by atoms with Crippen molar-refractivity contribution in [3.63, 3.8) is 0 Å². The van der Waals surface area contributed by atoms with Crippen LogP contribution in [0.15, 0.2) is 12.1 Å². The minimum absolute atomic E-state index is 0.0389. The largest absolute Gasteiger partial charge is 0.351 e. The molecule has 84 valence electrons. The first kappa shape index (κ1) is 12.5. The SMILES string of the molecule is CC(C)(C)CC(=O)NCc1ccc(Cl)s1. The van der Waals surface area contributed by atoms with E-state index < -0.39 is 0 Å². The highest BCUT2D eigenvalue weighted by Gasteiger charge is 2.15. The number of halogens is 1. The van der Waals surface area contributed by atoms with Gasteiger partial charge in [0.25, 0.3) is 0 Å². The summed E-state index contributed by atoms with van der Waals surface area (Å²) in [5.74, 6) is 0.0898. The summed E-state index contributed by atoms with van der Waals surface area (Å²) in [6.45, 7) is 6.73. The second-order valence-electron chi connectivity index (χ2n) is 4.72. The van der Waals surface area contributed by atoms with Gasteiger partial charge in [-0.2, -0.15) is 0 Å². The molecule has 1 amide bonds. The molecule has 0 aliphatic heterocycles. The molecule has 0 radical (unpaired) electrons. The van der Waals surface area contributed by atoms with E-state index in [2.05, 4.69) is 26.1 Å². The Kier molecular flexibility index (Phi) is 4.17. The lowest BCUT2D eigenvalue weighted by atomic mass is 9.92. The molecule has 15 heavy (non-hydrogen) atoms. The van der Waals surface area contributed by atoms with Crippen LogP contribution in [0.5, 0.6) is 0 Å². The summed E-state index contributed by atoms with van der Waals surface area (Å²) in [5, 5.41) is 2.88. The lowest BCUT2D eigenvalue weighted by Gasteiger charge is -2.16. The lowest BCUT2D eigenvalue weighted by Crippen LogP contribution is -2.26. The number of nitrogens with one attached hydrogen (secondary N) is 1. The molecule has 0 saturated carbocycles. The third kappa shape index (κ3) is 5.19. The zero-order valence-corrected chi connectivity index (χ0v) is 10.8. The topological polar surface area (TPSA) is 29.1 Å². The first-order valence-electron chi connectivity index (χ1n) is 4.88. The Morgan fingerprint density at radius 2 is 2.13 bits per heavy atom. The van der Waals surface area contributed by atoms with Crippen molar-refractivity contribution in [3.05, 3.63) is 21.3 Å². The molecule has 0 aliphatic rings. The van der Waals surface area contributed by atoms with Gasteiger partial charge in [0.2, 0.25) is 5.91 Å². The Hall–Kier alpha value is -0.540. The first-order chi connectivity index (χ1) is 6.87. The predicted octanol–water partition coefficient (Wildman–Crippen LogP) is 3.45. The van der Waals surface area contributed by atoms with E-state index in [9.17, 15) is 4.79 Å². The van der Waals surface area contributed by atoms with E-state index in [4.69, 9.17) is 11.6 Å². The van der Waals surface area contributed by atoms with E-state index >= 15 is 0 Å². The van der Waals surface area contributed by atoms with Gasteiger partial charge in [-0.3, -0.25) is 4.79 Å². The van der Waals surface area contributed by atoms with Crippen LogP contribution in [0, 0.1) is 5.41 Å². The number of hydrogen-bond acceptors (Lipinski definition) is 2. The van der Waals surface area contributed by atoms with Crippen molar-refractivity contribution < 1.29 is 4.79 Å². The molecule has 0 atom stereocenters. The van der Waals surface area contributed by atoms with Crippen molar-refractivity contribution in [1.82, 2.24) is 5.32 Å². The fourth-order valence-corrected chi connectivity index (χ4v) is 2.20. The van der Waals surface area contributed by atoms with Gasteiger partial charge in [0.05, 0.1) is 10.9 Å². The molecular formula is C11H16ClNOS. The molecule has 1 heterocycles. The molecule has 0 aromatic carbocycles. The van der Waals surface area contributed by atoms with Gasteiger partial charge in [-0.05, 0) is 17.5 Å². The first-order valence-corrected chi connectivity index (χ1v) is 6.07. The molecule has 0 bridgehead atoms. The number of hydrogen-bond donors (Lipinski definition) is 1. The van der Waals surface area contributed by atoms with Gasteiger partial charge in [0.1, 0.15) is 0 Å². The minimum atomic E-state index is 0.0389. The summed E-state index contributed by atoms with van der Waals surface area (Å²) in [6, 6.07) is 3.78. The van der Waals surface area contributed by atoms with Crippen LogP contribution in [0.2, 0.25) is 4.34 Å². The quantitative estimate of drug-likeness (QED) is 0.868. The van der Waals surface area contributed by atoms with Gasteiger partial charge >= 0.3 is 0 Å². The number of carbonyl (C=O) groups is 1. The third-order valence-corrected chi connectivity index (χ3v) is 3.01. The van der Waals surface area contributed by atoms with Crippen molar-refractivity contribution >= 4 is 28.8 Å². The summed E-state index contributed by atoms with van der Waals surface area (Å²) in [4.78, 5) is 12.6. The van der Waals surface area contributed by atoms with Crippen LogP contribution in [0.3, 0.4) is 0 Å². The predicted molar refractivity (Wildman–Crippen MR) is 65.2 cm³/mol. The molecule has 0 fully saturated rings. The Bertz CT molecular complexity index is 341. The van der Waals surface area contributed by atoms with E-state index in [-0.39, 0.29) is 11.3 Å².